The topological polar surface area (TPSA) is 86.7 Å². The van der Waals surface area contributed by atoms with Gasteiger partial charge in [-0.3, -0.25) is 19.2 Å². The molecule has 0 aromatic heterocycles. The zero-order valence-corrected chi connectivity index (χ0v) is 12.4. The van der Waals surface area contributed by atoms with Crippen molar-refractivity contribution in [3.8, 4) is 0 Å². The first-order valence-corrected chi connectivity index (χ1v) is 6.41. The third-order valence-corrected chi connectivity index (χ3v) is 2.59. The summed E-state index contributed by atoms with van der Waals surface area (Å²) in [5.74, 6) is -6.02. The second-order valence-corrected chi connectivity index (χ2v) is 6.59. The van der Waals surface area contributed by atoms with E-state index in [1.165, 1.54) is 13.8 Å². The molecule has 1 aliphatic heterocycles. The minimum Gasteiger partial charge on any atom is -0.422 e. The van der Waals surface area contributed by atoms with Crippen LogP contribution in [0.4, 0.5) is 0 Å². The first kappa shape index (κ1) is 16.3. The molecule has 0 amide bonds. The van der Waals surface area contributed by atoms with E-state index in [2.05, 4.69) is 0 Å². The summed E-state index contributed by atoms with van der Waals surface area (Å²) in [6.07, 6.45) is -0.270. The highest BCUT2D eigenvalue weighted by molar-refractivity contribution is 6.19. The van der Waals surface area contributed by atoms with Crippen molar-refractivity contribution in [2.24, 2.45) is 11.3 Å². The van der Waals surface area contributed by atoms with E-state index in [9.17, 15) is 19.2 Å². The van der Waals surface area contributed by atoms with Gasteiger partial charge in [0.2, 0.25) is 5.92 Å². The Morgan fingerprint density at radius 3 is 1.95 bits per heavy atom. The summed E-state index contributed by atoms with van der Waals surface area (Å²) in [5.41, 5.74) is -0.257. The molecule has 1 rings (SSSR count). The molecule has 1 heterocycles. The molecule has 0 radical (unpaired) electrons. The van der Waals surface area contributed by atoms with E-state index in [0.717, 1.165) is 0 Å². The van der Waals surface area contributed by atoms with Crippen LogP contribution in [0.25, 0.3) is 0 Å². The summed E-state index contributed by atoms with van der Waals surface area (Å²) in [7, 11) is 0. The molecule has 1 fully saturated rings. The number of esters is 2. The average Bonchev–Trinajstić information content (AvgIpc) is 2.08. The van der Waals surface area contributed by atoms with Gasteiger partial charge in [-0.05, 0) is 5.41 Å². The Morgan fingerprint density at radius 1 is 1.10 bits per heavy atom. The maximum Gasteiger partial charge on any atom is 0.331 e. The Hall–Kier alpha value is -1.72. The van der Waals surface area contributed by atoms with Crippen LogP contribution in [-0.4, -0.2) is 29.3 Å². The van der Waals surface area contributed by atoms with Gasteiger partial charge < -0.3 is 9.47 Å². The maximum atomic E-state index is 11.9. The monoisotopic (exact) mass is 284 g/mol. The van der Waals surface area contributed by atoms with Crippen molar-refractivity contribution in [2.75, 3.05) is 0 Å². The van der Waals surface area contributed by atoms with Crippen molar-refractivity contribution in [1.82, 2.24) is 0 Å². The molecule has 0 spiro atoms. The van der Waals surface area contributed by atoms with Crippen molar-refractivity contribution < 1.29 is 28.7 Å². The minimum absolute atomic E-state index is 0.195. The van der Waals surface area contributed by atoms with E-state index in [1.54, 1.807) is 0 Å². The van der Waals surface area contributed by atoms with Crippen molar-refractivity contribution in [3.05, 3.63) is 0 Å². The summed E-state index contributed by atoms with van der Waals surface area (Å²) in [6, 6.07) is 0. The molecule has 6 nitrogen and oxygen atoms in total. The first-order valence-electron chi connectivity index (χ1n) is 6.41. The second-order valence-electron chi connectivity index (χ2n) is 6.59. The Morgan fingerprint density at radius 2 is 1.55 bits per heavy atom. The Bertz CT molecular complexity index is 435. The summed E-state index contributed by atoms with van der Waals surface area (Å²) in [4.78, 5) is 47.0. The highest BCUT2D eigenvalue weighted by Gasteiger charge is 2.47. The zero-order valence-electron chi connectivity index (χ0n) is 12.4. The maximum absolute atomic E-state index is 11.9. The van der Waals surface area contributed by atoms with Crippen LogP contribution >= 0.6 is 0 Å². The van der Waals surface area contributed by atoms with Crippen molar-refractivity contribution >= 4 is 23.5 Å². The molecule has 0 bridgehead atoms. The molecule has 112 valence electrons. The van der Waals surface area contributed by atoms with E-state index < -0.39 is 35.8 Å². The number of cyclic esters (lactones) is 2. The second kappa shape index (κ2) is 5.34. The van der Waals surface area contributed by atoms with Gasteiger partial charge in [0, 0.05) is 20.3 Å². The fourth-order valence-corrected chi connectivity index (χ4v) is 1.93. The first-order chi connectivity index (χ1) is 8.91. The SMILES string of the molecule is CC(C)(C)CC(=O)CC(=O)C1C(=O)OC(C)(C)OC1=O. The van der Waals surface area contributed by atoms with Crippen LogP contribution in [0.15, 0.2) is 0 Å². The van der Waals surface area contributed by atoms with Gasteiger partial charge in [0.15, 0.2) is 5.78 Å². The largest absolute Gasteiger partial charge is 0.422 e. The van der Waals surface area contributed by atoms with Crippen LogP contribution in [0.2, 0.25) is 0 Å². The third-order valence-electron chi connectivity index (χ3n) is 2.59. The molecule has 6 heteroatoms. The van der Waals surface area contributed by atoms with Crippen molar-refractivity contribution in [2.45, 2.75) is 53.2 Å². The molecule has 0 aromatic carbocycles. The van der Waals surface area contributed by atoms with Gasteiger partial charge in [0.1, 0.15) is 5.78 Å². The van der Waals surface area contributed by atoms with E-state index in [4.69, 9.17) is 9.47 Å². The van der Waals surface area contributed by atoms with Crippen molar-refractivity contribution in [1.29, 1.82) is 0 Å². The lowest BCUT2D eigenvalue weighted by Gasteiger charge is -2.32. The van der Waals surface area contributed by atoms with E-state index in [-0.39, 0.29) is 17.6 Å². The molecule has 0 aromatic rings. The molecule has 0 unspecified atom stereocenters. The van der Waals surface area contributed by atoms with Crippen LogP contribution in [-0.2, 0) is 28.7 Å². The van der Waals surface area contributed by atoms with E-state index in [1.807, 2.05) is 20.8 Å². The summed E-state index contributed by atoms with van der Waals surface area (Å²) in [6.45, 7) is 8.38. The summed E-state index contributed by atoms with van der Waals surface area (Å²) in [5, 5.41) is 0. The molecular formula is C14H20O6. The lowest BCUT2D eigenvalue weighted by molar-refractivity contribution is -0.238. The number of carbonyl (C=O) groups is 4. The molecular weight excluding hydrogens is 264 g/mol. The van der Waals surface area contributed by atoms with Gasteiger partial charge in [0.05, 0.1) is 6.42 Å². The molecule has 0 N–H and O–H groups in total. The van der Waals surface area contributed by atoms with Gasteiger partial charge in [-0.2, -0.15) is 0 Å². The molecule has 1 saturated heterocycles. The minimum atomic E-state index is -1.65. The molecule has 20 heavy (non-hydrogen) atoms. The Balaban J connectivity index is 2.71. The lowest BCUT2D eigenvalue weighted by Crippen LogP contribution is -2.49. The van der Waals surface area contributed by atoms with E-state index >= 15 is 0 Å². The Kier molecular flexibility index (Phi) is 4.36. The number of ketones is 2. The standard InChI is InChI=1S/C14H20O6/c1-13(2,3)7-8(15)6-9(16)10-11(17)19-14(4,5)20-12(10)18/h10H,6-7H2,1-5H3. The lowest BCUT2D eigenvalue weighted by atomic mass is 9.87. The van der Waals surface area contributed by atoms with Gasteiger partial charge in [-0.1, -0.05) is 20.8 Å². The van der Waals surface area contributed by atoms with Gasteiger partial charge in [-0.15, -0.1) is 0 Å². The molecule has 0 saturated carbocycles. The normalized spacial score (nSPS) is 19.2. The Labute approximate surface area is 117 Å². The van der Waals surface area contributed by atoms with Gasteiger partial charge in [0.25, 0.3) is 5.79 Å². The quantitative estimate of drug-likeness (QED) is 0.573. The number of rotatable bonds is 4. The van der Waals surface area contributed by atoms with Crippen LogP contribution < -0.4 is 0 Å². The number of ether oxygens (including phenoxy) is 2. The van der Waals surface area contributed by atoms with Crippen molar-refractivity contribution in [3.63, 3.8) is 0 Å². The van der Waals surface area contributed by atoms with Gasteiger partial charge in [-0.25, -0.2) is 0 Å². The predicted octanol–water partition coefficient (Wildman–Crippen LogP) is 1.40. The highest BCUT2D eigenvalue weighted by Crippen LogP contribution is 2.25. The number of carbonyl (C=O) groups excluding carboxylic acids is 4. The van der Waals surface area contributed by atoms with Crippen LogP contribution in [0.1, 0.15) is 47.5 Å². The number of Topliss-reactive ketones (excluding diaryl/α,β-unsaturated/α-hetero) is 2. The van der Waals surface area contributed by atoms with Crippen LogP contribution in [0.3, 0.4) is 0 Å². The smallest absolute Gasteiger partial charge is 0.331 e. The molecule has 1 aliphatic rings. The summed E-state index contributed by atoms with van der Waals surface area (Å²) < 4.78 is 9.69. The van der Waals surface area contributed by atoms with Crippen LogP contribution in [0.5, 0.6) is 0 Å². The summed E-state index contributed by atoms with van der Waals surface area (Å²) >= 11 is 0. The number of hydrogen-bond donors (Lipinski definition) is 0. The predicted molar refractivity (Wildman–Crippen MR) is 68.5 cm³/mol. The van der Waals surface area contributed by atoms with Gasteiger partial charge >= 0.3 is 11.9 Å². The van der Waals surface area contributed by atoms with Crippen LogP contribution in [0, 0.1) is 11.3 Å². The third kappa shape index (κ3) is 4.43. The molecule has 0 atom stereocenters. The zero-order chi connectivity index (χ0) is 15.7. The van der Waals surface area contributed by atoms with E-state index in [0.29, 0.717) is 0 Å². The average molecular weight is 284 g/mol. The number of hydrogen-bond acceptors (Lipinski definition) is 6. The molecule has 0 aliphatic carbocycles. The fraction of sp³-hybridized carbons (Fsp3) is 0.714. The fourth-order valence-electron chi connectivity index (χ4n) is 1.93. The highest BCUT2D eigenvalue weighted by atomic mass is 16.7.